The first-order valence-corrected chi connectivity index (χ1v) is 10.6. The maximum Gasteiger partial charge on any atom is 0.225 e. The van der Waals surface area contributed by atoms with Gasteiger partial charge in [0.15, 0.2) is 0 Å². The highest BCUT2D eigenvalue weighted by Crippen LogP contribution is 2.27. The molecule has 2 aliphatic rings. The van der Waals surface area contributed by atoms with Crippen LogP contribution >= 0.6 is 0 Å². The number of nitrogens with zero attached hydrogens (tertiary/aromatic N) is 5. The van der Waals surface area contributed by atoms with E-state index in [-0.39, 0.29) is 0 Å². The second kappa shape index (κ2) is 7.73. The summed E-state index contributed by atoms with van der Waals surface area (Å²) in [7, 11) is 4.39. The van der Waals surface area contributed by atoms with Crippen LogP contribution in [0.2, 0.25) is 0 Å². The highest BCUT2D eigenvalue weighted by atomic mass is 15.3. The van der Waals surface area contributed by atoms with E-state index in [1.54, 1.807) is 0 Å². The number of rotatable bonds is 4. The Morgan fingerprint density at radius 3 is 2.62 bits per heavy atom. The van der Waals surface area contributed by atoms with Crippen molar-refractivity contribution in [3.8, 4) is 11.3 Å². The summed E-state index contributed by atoms with van der Waals surface area (Å²) in [4.78, 5) is 16.9. The summed E-state index contributed by atoms with van der Waals surface area (Å²) in [5, 5.41) is 2.51. The van der Waals surface area contributed by atoms with Gasteiger partial charge in [-0.2, -0.15) is 0 Å². The van der Waals surface area contributed by atoms with Crippen molar-refractivity contribution in [1.82, 2.24) is 19.8 Å². The summed E-state index contributed by atoms with van der Waals surface area (Å²) in [6.07, 6.45) is 4.37. The molecule has 5 rings (SSSR count). The topological polar surface area (TPSA) is 35.5 Å². The van der Waals surface area contributed by atoms with Crippen LogP contribution in [0.4, 0.5) is 5.95 Å². The normalized spacial score (nSPS) is 22.8. The summed E-state index contributed by atoms with van der Waals surface area (Å²) >= 11 is 0. The van der Waals surface area contributed by atoms with Crippen LogP contribution in [-0.2, 0) is 0 Å². The smallest absolute Gasteiger partial charge is 0.225 e. The zero-order valence-electron chi connectivity index (χ0n) is 17.3. The summed E-state index contributed by atoms with van der Waals surface area (Å²) in [6.45, 7) is 4.46. The molecule has 150 valence electrons. The predicted octanol–water partition coefficient (Wildman–Crippen LogP) is 3.51. The molecular weight excluding hydrogens is 358 g/mol. The molecule has 0 N–H and O–H groups in total. The van der Waals surface area contributed by atoms with E-state index in [1.807, 2.05) is 12.3 Å². The van der Waals surface area contributed by atoms with Crippen molar-refractivity contribution in [3.05, 3.63) is 54.7 Å². The minimum Gasteiger partial charge on any atom is -0.339 e. The van der Waals surface area contributed by atoms with E-state index >= 15 is 0 Å². The van der Waals surface area contributed by atoms with E-state index < -0.39 is 0 Å². The molecular formula is C24H29N5. The molecule has 2 aromatic carbocycles. The lowest BCUT2D eigenvalue weighted by Gasteiger charge is -2.25. The molecule has 2 fully saturated rings. The van der Waals surface area contributed by atoms with Crippen molar-refractivity contribution >= 4 is 16.7 Å². The SMILES string of the molecule is CN(C)[C@@H]1CCN([C@@H]2CCN(c3nccc(-c4ccc5ccccc5c4)n3)C2)C1. The van der Waals surface area contributed by atoms with Crippen LogP contribution in [-0.4, -0.2) is 72.1 Å². The van der Waals surface area contributed by atoms with E-state index in [1.165, 1.54) is 36.7 Å². The first-order valence-electron chi connectivity index (χ1n) is 10.6. The fraction of sp³-hybridized carbons (Fsp3) is 0.417. The summed E-state index contributed by atoms with van der Waals surface area (Å²) in [5.41, 5.74) is 2.15. The Morgan fingerprint density at radius 1 is 0.931 bits per heavy atom. The number of anilines is 1. The first-order chi connectivity index (χ1) is 14.2. The number of hydrogen-bond acceptors (Lipinski definition) is 5. The van der Waals surface area contributed by atoms with Crippen molar-refractivity contribution in [1.29, 1.82) is 0 Å². The van der Waals surface area contributed by atoms with E-state index in [4.69, 9.17) is 4.98 Å². The van der Waals surface area contributed by atoms with E-state index in [0.29, 0.717) is 12.1 Å². The van der Waals surface area contributed by atoms with Gasteiger partial charge in [-0.1, -0.05) is 36.4 Å². The van der Waals surface area contributed by atoms with Crippen LogP contribution in [0.25, 0.3) is 22.0 Å². The molecule has 2 atom stereocenters. The van der Waals surface area contributed by atoms with E-state index in [0.717, 1.165) is 30.3 Å². The molecule has 2 aliphatic heterocycles. The first kappa shape index (κ1) is 18.5. The van der Waals surface area contributed by atoms with Crippen LogP contribution in [0.5, 0.6) is 0 Å². The summed E-state index contributed by atoms with van der Waals surface area (Å²) in [6, 6.07) is 18.3. The van der Waals surface area contributed by atoms with Crippen LogP contribution in [0.3, 0.4) is 0 Å². The largest absolute Gasteiger partial charge is 0.339 e. The molecule has 5 heteroatoms. The Hall–Kier alpha value is -2.50. The zero-order chi connectivity index (χ0) is 19.8. The van der Waals surface area contributed by atoms with Gasteiger partial charge in [0.25, 0.3) is 0 Å². The molecule has 0 unspecified atom stereocenters. The molecule has 1 aromatic heterocycles. The van der Waals surface area contributed by atoms with Gasteiger partial charge >= 0.3 is 0 Å². The van der Waals surface area contributed by atoms with Crippen LogP contribution in [0.1, 0.15) is 12.8 Å². The van der Waals surface area contributed by atoms with Crippen molar-refractivity contribution in [2.24, 2.45) is 0 Å². The average molecular weight is 388 g/mol. The molecule has 5 nitrogen and oxygen atoms in total. The molecule has 0 aliphatic carbocycles. The van der Waals surface area contributed by atoms with Crippen molar-refractivity contribution in [2.75, 3.05) is 45.2 Å². The lowest BCUT2D eigenvalue weighted by Crippen LogP contribution is -2.39. The minimum absolute atomic E-state index is 0.618. The molecule has 0 radical (unpaired) electrons. The van der Waals surface area contributed by atoms with Gasteiger partial charge in [-0.3, -0.25) is 4.90 Å². The highest BCUT2D eigenvalue weighted by molar-refractivity contribution is 5.86. The fourth-order valence-corrected chi connectivity index (χ4v) is 4.75. The van der Waals surface area contributed by atoms with Gasteiger partial charge < -0.3 is 9.80 Å². The van der Waals surface area contributed by atoms with Crippen molar-refractivity contribution in [2.45, 2.75) is 24.9 Å². The fourth-order valence-electron chi connectivity index (χ4n) is 4.75. The Morgan fingerprint density at radius 2 is 1.79 bits per heavy atom. The average Bonchev–Trinajstić information content (AvgIpc) is 3.43. The quantitative estimate of drug-likeness (QED) is 0.685. The number of benzene rings is 2. The number of likely N-dealkylation sites (tertiary alicyclic amines) is 1. The van der Waals surface area contributed by atoms with Gasteiger partial charge in [0.2, 0.25) is 5.95 Å². The standard InChI is InChI=1S/C24H29N5/c1-27(2)21-10-13-28(16-21)22-11-14-29(17-22)24-25-12-9-23(26-24)20-8-7-18-5-3-4-6-19(18)15-20/h3-9,12,15,21-22H,10-11,13-14,16-17H2,1-2H3/t21-,22-/m1/s1. The van der Waals surface area contributed by atoms with Crippen LogP contribution in [0, 0.1) is 0 Å². The van der Waals surface area contributed by atoms with Gasteiger partial charge in [0.05, 0.1) is 5.69 Å². The molecule has 0 bridgehead atoms. The number of fused-ring (bicyclic) bond motifs is 1. The molecule has 3 heterocycles. The monoisotopic (exact) mass is 387 g/mol. The predicted molar refractivity (Wildman–Crippen MR) is 119 cm³/mol. The number of hydrogen-bond donors (Lipinski definition) is 0. The number of likely N-dealkylation sites (N-methyl/N-ethyl adjacent to an activating group) is 1. The Labute approximate surface area is 173 Å². The molecule has 0 spiro atoms. The molecule has 0 amide bonds. The second-order valence-electron chi connectivity index (χ2n) is 8.59. The summed E-state index contributed by atoms with van der Waals surface area (Å²) in [5.74, 6) is 0.863. The maximum atomic E-state index is 4.92. The minimum atomic E-state index is 0.618. The van der Waals surface area contributed by atoms with E-state index in [9.17, 15) is 0 Å². The van der Waals surface area contributed by atoms with Gasteiger partial charge in [-0.25, -0.2) is 9.97 Å². The third-order valence-corrected chi connectivity index (χ3v) is 6.58. The Kier molecular flexibility index (Phi) is 4.94. The Balaban J connectivity index is 1.32. The maximum absolute atomic E-state index is 4.92. The third-order valence-electron chi connectivity index (χ3n) is 6.58. The lowest BCUT2D eigenvalue weighted by molar-refractivity contribution is 0.227. The molecule has 0 saturated carbocycles. The van der Waals surface area contributed by atoms with Crippen molar-refractivity contribution in [3.63, 3.8) is 0 Å². The summed E-state index contributed by atoms with van der Waals surface area (Å²) < 4.78 is 0. The van der Waals surface area contributed by atoms with Crippen LogP contribution in [0.15, 0.2) is 54.7 Å². The van der Waals surface area contributed by atoms with Gasteiger partial charge in [-0.15, -0.1) is 0 Å². The highest BCUT2D eigenvalue weighted by Gasteiger charge is 2.34. The lowest BCUT2D eigenvalue weighted by atomic mass is 10.1. The Bertz CT molecular complexity index is 1000. The molecule has 29 heavy (non-hydrogen) atoms. The van der Waals surface area contributed by atoms with Gasteiger partial charge in [-0.05, 0) is 49.8 Å². The molecule has 2 saturated heterocycles. The van der Waals surface area contributed by atoms with E-state index in [2.05, 4.69) is 76.2 Å². The van der Waals surface area contributed by atoms with Crippen molar-refractivity contribution < 1.29 is 0 Å². The van der Waals surface area contributed by atoms with Crippen LogP contribution < -0.4 is 4.90 Å². The second-order valence-corrected chi connectivity index (χ2v) is 8.59. The van der Waals surface area contributed by atoms with Gasteiger partial charge in [0, 0.05) is 50.0 Å². The van der Waals surface area contributed by atoms with Gasteiger partial charge in [0.1, 0.15) is 0 Å². The third kappa shape index (κ3) is 3.72. The number of aromatic nitrogens is 2. The zero-order valence-corrected chi connectivity index (χ0v) is 17.3. The molecule has 3 aromatic rings.